The van der Waals surface area contributed by atoms with Crippen LogP contribution in [-0.4, -0.2) is 113 Å². The first kappa shape index (κ1) is 31.5. The summed E-state index contributed by atoms with van der Waals surface area (Å²) in [5.41, 5.74) is -2.76. The number of nitrogens with zero attached hydrogens (tertiary/aromatic N) is 1. The minimum Gasteiger partial charge on any atom is -0.497 e. The van der Waals surface area contributed by atoms with Crippen LogP contribution in [-0.2, 0) is 28.5 Å². The van der Waals surface area contributed by atoms with Crippen LogP contribution in [0.4, 0.5) is 0 Å². The third kappa shape index (κ3) is 3.72. The monoisotopic (exact) mass is 627 g/mol. The van der Waals surface area contributed by atoms with Crippen LogP contribution < -0.4 is 4.74 Å². The maximum Gasteiger partial charge on any atom is 0.303 e. The van der Waals surface area contributed by atoms with Gasteiger partial charge in [-0.1, -0.05) is 6.92 Å². The third-order valence-electron chi connectivity index (χ3n) is 13.5. The molecular formula is C35H49NO9. The Bertz CT molecular complexity index is 1340. The van der Waals surface area contributed by atoms with Crippen LogP contribution in [0.5, 0.6) is 5.75 Å². The first-order valence-electron chi connectivity index (χ1n) is 16.5. The summed E-state index contributed by atoms with van der Waals surface area (Å²) < 4.78 is 37.3. The van der Waals surface area contributed by atoms with E-state index in [2.05, 4.69) is 11.8 Å². The Kier molecular flexibility index (Phi) is 7.51. The number of esters is 1. The number of methoxy groups -OCH3 is 5. The molecule has 0 radical (unpaired) electrons. The minimum absolute atomic E-state index is 0.0227. The number of aliphatic hydroxyl groups is 1. The fraction of sp³-hybridized carbons (Fsp3) is 0.771. The van der Waals surface area contributed by atoms with Crippen LogP contribution in [0.15, 0.2) is 24.3 Å². The highest BCUT2D eigenvalue weighted by atomic mass is 16.6. The van der Waals surface area contributed by atoms with Crippen molar-refractivity contribution >= 4 is 11.8 Å². The van der Waals surface area contributed by atoms with E-state index in [0.717, 1.165) is 25.9 Å². The molecule has 10 nitrogen and oxygen atoms in total. The number of likely N-dealkylation sites (tertiary alicyclic amines) is 1. The van der Waals surface area contributed by atoms with Gasteiger partial charge in [-0.2, -0.15) is 0 Å². The molecule has 1 heterocycles. The van der Waals surface area contributed by atoms with E-state index in [0.29, 0.717) is 30.8 Å². The van der Waals surface area contributed by atoms with Gasteiger partial charge in [0.05, 0.1) is 37.9 Å². The number of carbonyl (C=O) groups is 2. The molecule has 5 saturated carbocycles. The van der Waals surface area contributed by atoms with Crippen LogP contribution in [0.2, 0.25) is 0 Å². The molecule has 6 aliphatic rings. The van der Waals surface area contributed by atoms with Gasteiger partial charge in [0.2, 0.25) is 0 Å². The van der Waals surface area contributed by atoms with E-state index in [1.807, 2.05) is 0 Å². The predicted molar refractivity (Wildman–Crippen MR) is 163 cm³/mol. The molecule has 1 aromatic rings. The smallest absolute Gasteiger partial charge is 0.303 e. The summed E-state index contributed by atoms with van der Waals surface area (Å²) in [6.45, 7) is 5.86. The van der Waals surface area contributed by atoms with Crippen molar-refractivity contribution in [3.8, 4) is 5.75 Å². The maximum atomic E-state index is 14.8. The van der Waals surface area contributed by atoms with Crippen molar-refractivity contribution in [2.24, 2.45) is 40.4 Å². The number of benzene rings is 1. The number of ketones is 1. The van der Waals surface area contributed by atoms with Gasteiger partial charge < -0.3 is 33.5 Å². The van der Waals surface area contributed by atoms with Crippen molar-refractivity contribution in [3.63, 3.8) is 0 Å². The predicted octanol–water partition coefficient (Wildman–Crippen LogP) is 2.99. The van der Waals surface area contributed by atoms with Gasteiger partial charge in [-0.25, -0.2) is 0 Å². The molecule has 5 aliphatic carbocycles. The summed E-state index contributed by atoms with van der Waals surface area (Å²) in [5.74, 6) is -1.66. The van der Waals surface area contributed by atoms with Crippen LogP contribution in [0.25, 0.3) is 0 Å². The first-order valence-corrected chi connectivity index (χ1v) is 16.5. The lowest BCUT2D eigenvalue weighted by Crippen LogP contribution is -2.77. The Morgan fingerprint density at radius 2 is 1.69 bits per heavy atom. The Balaban J connectivity index is 1.52. The molecule has 7 rings (SSSR count). The topological polar surface area (TPSA) is 113 Å². The molecule has 0 unspecified atom stereocenters. The molecule has 45 heavy (non-hydrogen) atoms. The van der Waals surface area contributed by atoms with Crippen molar-refractivity contribution in [2.45, 2.75) is 75.1 Å². The van der Waals surface area contributed by atoms with Gasteiger partial charge in [-0.3, -0.25) is 14.5 Å². The van der Waals surface area contributed by atoms with E-state index in [1.54, 1.807) is 59.8 Å². The molecule has 0 amide bonds. The molecule has 7 bridgehead atoms. The Morgan fingerprint density at radius 3 is 2.27 bits per heavy atom. The number of hydrogen-bond acceptors (Lipinski definition) is 10. The summed E-state index contributed by atoms with van der Waals surface area (Å²) in [6, 6.07) is 7.02. The molecule has 248 valence electrons. The molecule has 13 atom stereocenters. The Hall–Kier alpha value is -2.08. The van der Waals surface area contributed by atoms with E-state index in [-0.39, 0.29) is 47.2 Å². The second-order valence-electron chi connectivity index (χ2n) is 14.6. The fourth-order valence-corrected chi connectivity index (χ4v) is 12.7. The number of rotatable bonds is 10. The van der Waals surface area contributed by atoms with E-state index in [1.165, 1.54) is 6.92 Å². The minimum atomic E-state index is -1.46. The Morgan fingerprint density at radius 1 is 0.978 bits per heavy atom. The normalized spacial score (nSPS) is 47.4. The molecule has 1 aromatic carbocycles. The number of piperidine rings is 1. The number of ether oxygens (including phenoxy) is 6. The molecule has 1 aliphatic heterocycles. The SMILES string of the molecule is CCN1C[C@]2(COC)CC[C@H](OC)[C@]34[C@@H]1[C@H]([C@@H](OC)[C@H]23)[C@]1(OC(C)=O)C[C@H](OC)[C@@]2(O)C[C@H]4[C@@H]1[C@@H]2C(=O)c1ccc(OC)cc1. The van der Waals surface area contributed by atoms with E-state index in [9.17, 15) is 14.7 Å². The van der Waals surface area contributed by atoms with Crippen molar-refractivity contribution in [3.05, 3.63) is 29.8 Å². The van der Waals surface area contributed by atoms with Gasteiger partial charge in [0, 0.05) is 88.5 Å². The van der Waals surface area contributed by atoms with Crippen molar-refractivity contribution < 1.29 is 43.1 Å². The molecule has 1 N–H and O–H groups in total. The molecule has 6 fully saturated rings. The fourth-order valence-electron chi connectivity index (χ4n) is 12.7. The lowest BCUT2D eigenvalue weighted by molar-refractivity contribution is -0.277. The molecular weight excluding hydrogens is 578 g/mol. The van der Waals surface area contributed by atoms with Crippen molar-refractivity contribution in [2.75, 3.05) is 55.2 Å². The highest BCUT2D eigenvalue weighted by molar-refractivity contribution is 5.99. The van der Waals surface area contributed by atoms with Crippen LogP contribution in [0.3, 0.4) is 0 Å². The largest absolute Gasteiger partial charge is 0.497 e. The van der Waals surface area contributed by atoms with E-state index in [4.69, 9.17) is 28.4 Å². The number of carbonyl (C=O) groups excluding carboxylic acids is 2. The highest BCUT2D eigenvalue weighted by Crippen LogP contribution is 2.81. The lowest BCUT2D eigenvalue weighted by atomic mass is 9.42. The average Bonchev–Trinajstić information content (AvgIpc) is 3.43. The Labute approximate surface area is 266 Å². The third-order valence-corrected chi connectivity index (χ3v) is 13.5. The van der Waals surface area contributed by atoms with E-state index < -0.39 is 40.5 Å². The molecule has 1 spiro atoms. The number of Topliss-reactive ketones (excluding diaryl/α,β-unsaturated/α-hetero) is 1. The van der Waals surface area contributed by atoms with Gasteiger partial charge in [-0.15, -0.1) is 0 Å². The zero-order chi connectivity index (χ0) is 32.1. The molecule has 10 heteroatoms. The summed E-state index contributed by atoms with van der Waals surface area (Å²) in [7, 11) is 8.52. The van der Waals surface area contributed by atoms with Gasteiger partial charge in [-0.05, 0) is 56.0 Å². The second kappa shape index (κ2) is 10.7. The van der Waals surface area contributed by atoms with Gasteiger partial charge >= 0.3 is 5.97 Å². The van der Waals surface area contributed by atoms with E-state index >= 15 is 0 Å². The lowest BCUT2D eigenvalue weighted by Gasteiger charge is -2.69. The molecule has 0 aromatic heterocycles. The van der Waals surface area contributed by atoms with Gasteiger partial charge in [0.25, 0.3) is 0 Å². The summed E-state index contributed by atoms with van der Waals surface area (Å²) in [6.07, 6.45) is 1.28. The van der Waals surface area contributed by atoms with Crippen LogP contribution >= 0.6 is 0 Å². The number of hydrogen-bond donors (Lipinski definition) is 1. The zero-order valence-electron chi connectivity index (χ0n) is 27.6. The maximum absolute atomic E-state index is 14.8. The van der Waals surface area contributed by atoms with Crippen LogP contribution in [0, 0.1) is 40.4 Å². The molecule has 1 saturated heterocycles. The summed E-state index contributed by atoms with van der Waals surface area (Å²) >= 11 is 0. The van der Waals surface area contributed by atoms with Gasteiger partial charge in [0.1, 0.15) is 17.0 Å². The summed E-state index contributed by atoms with van der Waals surface area (Å²) in [4.78, 5) is 30.7. The van der Waals surface area contributed by atoms with Crippen molar-refractivity contribution in [1.29, 1.82) is 0 Å². The van der Waals surface area contributed by atoms with Crippen molar-refractivity contribution in [1.82, 2.24) is 4.90 Å². The summed E-state index contributed by atoms with van der Waals surface area (Å²) in [5, 5.41) is 12.9. The second-order valence-corrected chi connectivity index (χ2v) is 14.6. The van der Waals surface area contributed by atoms with Crippen LogP contribution in [0.1, 0.15) is 49.9 Å². The number of fused-ring (bicyclic) bond motifs is 2. The first-order chi connectivity index (χ1) is 21.6. The van der Waals surface area contributed by atoms with Gasteiger partial charge in [0.15, 0.2) is 5.78 Å². The standard InChI is InChI=1S/C35H49NO9/c1-8-36-17-32(18-40-3)14-13-23(42-5)35-22-15-33(39)24(43-6)16-34(45-19(2)37,27(31(35)36)29(44-7)30(32)35)25(22)26(33)28(38)20-9-11-21(41-4)12-10-20/h9-12,22-27,29-31,39H,8,13-18H2,1-7H3/t22-,23-,24-,25+,26+,27-,29+,30+,31-,32-,33-,34-,35-/m0/s1. The zero-order valence-corrected chi connectivity index (χ0v) is 27.6. The highest BCUT2D eigenvalue weighted by Gasteiger charge is 2.89. The average molecular weight is 628 g/mol. The quantitative estimate of drug-likeness (QED) is 0.307.